The van der Waals surface area contributed by atoms with Gasteiger partial charge in [-0.1, -0.05) is 0 Å². The number of aliphatic hydroxyl groups excluding tert-OH is 1. The summed E-state index contributed by atoms with van der Waals surface area (Å²) in [5.41, 5.74) is 0.414. The van der Waals surface area contributed by atoms with Gasteiger partial charge in [0.25, 0.3) is 0 Å². The molecule has 0 bridgehead atoms. The van der Waals surface area contributed by atoms with Crippen molar-refractivity contribution in [2.75, 3.05) is 13.2 Å². The number of aliphatic hydroxyl groups is 1. The monoisotopic (exact) mass is 224 g/mol. The Kier molecular flexibility index (Phi) is 3.70. The van der Waals surface area contributed by atoms with Crippen LogP contribution in [0.3, 0.4) is 0 Å². The van der Waals surface area contributed by atoms with Crippen molar-refractivity contribution in [3.05, 3.63) is 18.0 Å². The summed E-state index contributed by atoms with van der Waals surface area (Å²) in [5, 5.41) is 13.2. The van der Waals surface area contributed by atoms with Gasteiger partial charge in [0.2, 0.25) is 0 Å². The maximum Gasteiger partial charge on any atom is 0.411 e. The van der Waals surface area contributed by atoms with Crippen molar-refractivity contribution in [3.63, 3.8) is 0 Å². The van der Waals surface area contributed by atoms with Crippen LogP contribution in [0.2, 0.25) is 0 Å². The smallest absolute Gasteiger partial charge is 0.384 e. The zero-order valence-corrected chi connectivity index (χ0v) is 8.03. The molecular formula is C8H11F3N2O2. The normalized spacial score (nSPS) is 14.2. The van der Waals surface area contributed by atoms with Gasteiger partial charge in [-0.3, -0.25) is 4.68 Å². The summed E-state index contributed by atoms with van der Waals surface area (Å²) in [7, 11) is 1.59. The van der Waals surface area contributed by atoms with E-state index in [9.17, 15) is 18.3 Å². The lowest BCUT2D eigenvalue weighted by Gasteiger charge is -2.12. The van der Waals surface area contributed by atoms with Gasteiger partial charge in [0.15, 0.2) is 0 Å². The number of nitrogens with zero attached hydrogens (tertiary/aromatic N) is 2. The molecule has 0 amide bonds. The molecule has 1 aromatic rings. The van der Waals surface area contributed by atoms with Crippen molar-refractivity contribution >= 4 is 0 Å². The molecule has 0 spiro atoms. The molecule has 0 aromatic carbocycles. The molecule has 0 fully saturated rings. The first-order valence-electron chi connectivity index (χ1n) is 4.20. The van der Waals surface area contributed by atoms with E-state index in [1.807, 2.05) is 0 Å². The quantitative estimate of drug-likeness (QED) is 0.831. The van der Waals surface area contributed by atoms with E-state index < -0.39 is 25.5 Å². The van der Waals surface area contributed by atoms with Crippen molar-refractivity contribution in [1.82, 2.24) is 9.78 Å². The summed E-state index contributed by atoms with van der Waals surface area (Å²) < 4.78 is 40.8. The highest BCUT2D eigenvalue weighted by molar-refractivity contribution is 5.03. The summed E-state index contributed by atoms with van der Waals surface area (Å²) in [4.78, 5) is 0. The van der Waals surface area contributed by atoms with Crippen LogP contribution >= 0.6 is 0 Å². The average Bonchev–Trinajstić information content (AvgIpc) is 2.48. The standard InChI is InChI=1S/C8H11F3N2O2/c1-13-6(2-3-12-13)7(14)4-15-5-8(9,10)11/h2-3,7,14H,4-5H2,1H3. The second-order valence-electron chi connectivity index (χ2n) is 3.03. The Morgan fingerprint density at radius 3 is 2.73 bits per heavy atom. The first-order valence-corrected chi connectivity index (χ1v) is 4.20. The van der Waals surface area contributed by atoms with Crippen molar-refractivity contribution in [2.24, 2.45) is 7.05 Å². The lowest BCUT2D eigenvalue weighted by molar-refractivity contribution is -0.179. The number of aromatic nitrogens is 2. The predicted octanol–water partition coefficient (Wildman–Crippen LogP) is 1.03. The number of halogens is 3. The van der Waals surface area contributed by atoms with Crippen LogP contribution in [0.15, 0.2) is 12.3 Å². The van der Waals surface area contributed by atoms with E-state index in [1.165, 1.54) is 16.9 Å². The SMILES string of the molecule is Cn1nccc1C(O)COCC(F)(F)F. The van der Waals surface area contributed by atoms with Gasteiger partial charge in [-0.15, -0.1) is 0 Å². The lowest BCUT2D eigenvalue weighted by atomic mass is 10.3. The van der Waals surface area contributed by atoms with Gasteiger partial charge in [-0.2, -0.15) is 18.3 Å². The van der Waals surface area contributed by atoms with Crippen LogP contribution in [0.5, 0.6) is 0 Å². The molecule has 0 radical (unpaired) electrons. The van der Waals surface area contributed by atoms with E-state index in [1.54, 1.807) is 7.05 Å². The number of rotatable bonds is 4. The Bertz CT molecular complexity index is 311. The maximum absolute atomic E-state index is 11.7. The fourth-order valence-electron chi connectivity index (χ4n) is 1.08. The van der Waals surface area contributed by atoms with Crippen LogP contribution in [-0.2, 0) is 11.8 Å². The lowest BCUT2D eigenvalue weighted by Crippen LogP contribution is -2.20. The third-order valence-electron chi connectivity index (χ3n) is 1.74. The summed E-state index contributed by atoms with van der Waals surface area (Å²) in [5.74, 6) is 0. The molecule has 1 N–H and O–H groups in total. The molecule has 0 saturated carbocycles. The fourth-order valence-corrected chi connectivity index (χ4v) is 1.08. The predicted molar refractivity (Wildman–Crippen MR) is 45.0 cm³/mol. The number of aryl methyl sites for hydroxylation is 1. The third-order valence-corrected chi connectivity index (χ3v) is 1.74. The highest BCUT2D eigenvalue weighted by atomic mass is 19.4. The molecule has 7 heteroatoms. The van der Waals surface area contributed by atoms with Crippen LogP contribution < -0.4 is 0 Å². The zero-order valence-electron chi connectivity index (χ0n) is 8.03. The van der Waals surface area contributed by atoms with Crippen LogP contribution in [0.25, 0.3) is 0 Å². The van der Waals surface area contributed by atoms with Crippen molar-refractivity contribution in [1.29, 1.82) is 0 Å². The minimum absolute atomic E-state index is 0.404. The summed E-state index contributed by atoms with van der Waals surface area (Å²) in [6.45, 7) is -1.76. The van der Waals surface area contributed by atoms with Crippen LogP contribution in [0, 0.1) is 0 Å². The van der Waals surface area contributed by atoms with E-state index in [0.29, 0.717) is 5.69 Å². The molecule has 15 heavy (non-hydrogen) atoms. The molecular weight excluding hydrogens is 213 g/mol. The van der Waals surface area contributed by atoms with E-state index >= 15 is 0 Å². The van der Waals surface area contributed by atoms with Crippen molar-refractivity contribution in [3.8, 4) is 0 Å². The number of alkyl halides is 3. The molecule has 0 aliphatic carbocycles. The largest absolute Gasteiger partial charge is 0.411 e. The Morgan fingerprint density at radius 1 is 1.60 bits per heavy atom. The van der Waals surface area contributed by atoms with E-state index in [-0.39, 0.29) is 0 Å². The van der Waals surface area contributed by atoms with Crippen molar-refractivity contribution in [2.45, 2.75) is 12.3 Å². The van der Waals surface area contributed by atoms with Crippen molar-refractivity contribution < 1.29 is 23.0 Å². The van der Waals surface area contributed by atoms with E-state index in [4.69, 9.17) is 0 Å². The Labute approximate surface area is 84.3 Å². The maximum atomic E-state index is 11.7. The van der Waals surface area contributed by atoms with Gasteiger partial charge in [-0.25, -0.2) is 0 Å². The first-order chi connectivity index (χ1) is 6.90. The Balaban J connectivity index is 2.37. The van der Waals surface area contributed by atoms with Crippen LogP contribution in [0.1, 0.15) is 11.8 Å². The van der Waals surface area contributed by atoms with Gasteiger partial charge in [0, 0.05) is 13.2 Å². The molecule has 0 aliphatic heterocycles. The highest BCUT2D eigenvalue weighted by Gasteiger charge is 2.28. The van der Waals surface area contributed by atoms with E-state index in [0.717, 1.165) is 0 Å². The van der Waals surface area contributed by atoms with Crippen LogP contribution in [0.4, 0.5) is 13.2 Å². The van der Waals surface area contributed by atoms with Gasteiger partial charge in [0.1, 0.15) is 12.7 Å². The zero-order chi connectivity index (χ0) is 11.5. The van der Waals surface area contributed by atoms with Crippen LogP contribution in [-0.4, -0.2) is 34.3 Å². The number of ether oxygens (including phenoxy) is 1. The molecule has 86 valence electrons. The third kappa shape index (κ3) is 3.88. The van der Waals surface area contributed by atoms with E-state index in [2.05, 4.69) is 9.84 Å². The topological polar surface area (TPSA) is 47.3 Å². The Hall–Kier alpha value is -1.08. The Morgan fingerprint density at radius 2 is 2.27 bits per heavy atom. The number of hydrogen-bond acceptors (Lipinski definition) is 3. The second-order valence-corrected chi connectivity index (χ2v) is 3.03. The first kappa shape index (κ1) is 12.0. The van der Waals surface area contributed by atoms with Gasteiger partial charge in [-0.05, 0) is 6.07 Å². The minimum atomic E-state index is -4.37. The summed E-state index contributed by atoms with van der Waals surface area (Å²) in [6.07, 6.45) is -4.02. The summed E-state index contributed by atoms with van der Waals surface area (Å²) in [6, 6.07) is 1.52. The second kappa shape index (κ2) is 4.63. The minimum Gasteiger partial charge on any atom is -0.384 e. The molecule has 0 saturated heterocycles. The molecule has 1 rings (SSSR count). The number of hydrogen-bond donors (Lipinski definition) is 1. The molecule has 1 atom stereocenters. The van der Waals surface area contributed by atoms with Gasteiger partial charge in [0.05, 0.1) is 12.3 Å². The summed E-state index contributed by atoms with van der Waals surface area (Å²) >= 11 is 0. The van der Waals surface area contributed by atoms with Gasteiger partial charge < -0.3 is 9.84 Å². The molecule has 1 heterocycles. The fraction of sp³-hybridized carbons (Fsp3) is 0.625. The average molecular weight is 224 g/mol. The highest BCUT2D eigenvalue weighted by Crippen LogP contribution is 2.17. The molecule has 1 unspecified atom stereocenters. The van der Waals surface area contributed by atoms with Gasteiger partial charge >= 0.3 is 6.18 Å². The molecule has 0 aliphatic rings. The molecule has 1 aromatic heterocycles. The molecule has 4 nitrogen and oxygen atoms in total.